The monoisotopic (exact) mass is 228 g/mol. The molecule has 1 aromatic rings. The Balaban J connectivity index is 0.00000121. The summed E-state index contributed by atoms with van der Waals surface area (Å²) < 4.78 is 10.3. The van der Waals surface area contributed by atoms with E-state index in [1.165, 1.54) is 0 Å². The van der Waals surface area contributed by atoms with E-state index in [0.29, 0.717) is 5.56 Å². The van der Waals surface area contributed by atoms with Crippen LogP contribution in [0.25, 0.3) is 0 Å². The second kappa shape index (κ2) is 4.78. The van der Waals surface area contributed by atoms with Gasteiger partial charge in [0, 0.05) is 6.16 Å². The van der Waals surface area contributed by atoms with Crippen LogP contribution >= 0.6 is 7.60 Å². The predicted molar refractivity (Wildman–Crippen MR) is 37.8 cm³/mol. The molecule has 0 aromatic heterocycles. The van der Waals surface area contributed by atoms with Crippen LogP contribution in [0.3, 0.4) is 0 Å². The molecule has 3 nitrogen and oxygen atoms in total. The summed E-state index contributed by atoms with van der Waals surface area (Å²) in [5.41, 5.74) is 0.542. The standard InChI is InChI=1S/C7H9O3P.Ni/c8-11(9,10)6-7-4-2-1-3-5-7;/h1-5H,6H2,(H2,8,9,10);/q;+2/p-2. The van der Waals surface area contributed by atoms with Gasteiger partial charge in [-0.15, -0.1) is 0 Å². The van der Waals surface area contributed by atoms with Gasteiger partial charge in [-0.25, -0.2) is 0 Å². The van der Waals surface area contributed by atoms with Crippen LogP contribution in [-0.4, -0.2) is 0 Å². The molecule has 0 heterocycles. The third kappa shape index (κ3) is 4.68. The van der Waals surface area contributed by atoms with Crippen molar-refractivity contribution < 1.29 is 30.8 Å². The Morgan fingerprint density at radius 1 is 1.17 bits per heavy atom. The van der Waals surface area contributed by atoms with E-state index in [4.69, 9.17) is 0 Å². The van der Waals surface area contributed by atoms with E-state index in [-0.39, 0.29) is 16.5 Å². The van der Waals surface area contributed by atoms with Crippen molar-refractivity contribution >= 4 is 7.60 Å². The molecule has 0 aliphatic carbocycles. The van der Waals surface area contributed by atoms with E-state index in [0.717, 1.165) is 0 Å². The van der Waals surface area contributed by atoms with E-state index in [2.05, 4.69) is 0 Å². The molecule has 0 saturated heterocycles. The maximum atomic E-state index is 10.3. The van der Waals surface area contributed by atoms with Gasteiger partial charge >= 0.3 is 16.5 Å². The molecule has 0 fully saturated rings. The van der Waals surface area contributed by atoms with Crippen molar-refractivity contribution in [3.63, 3.8) is 0 Å². The molecule has 1 rings (SSSR count). The number of hydrogen-bond donors (Lipinski definition) is 0. The molecule has 0 unspecified atom stereocenters. The van der Waals surface area contributed by atoms with Gasteiger partial charge in [0.1, 0.15) is 0 Å². The van der Waals surface area contributed by atoms with Crippen molar-refractivity contribution in [1.29, 1.82) is 0 Å². The Morgan fingerprint density at radius 3 is 2.08 bits per heavy atom. The minimum atomic E-state index is -4.39. The SMILES string of the molecule is O=P([O-])([O-])Cc1ccccc1.[Ni+2]. The average molecular weight is 229 g/mol. The van der Waals surface area contributed by atoms with Crippen molar-refractivity contribution in [2.45, 2.75) is 6.16 Å². The summed E-state index contributed by atoms with van der Waals surface area (Å²) in [5, 5.41) is 0. The van der Waals surface area contributed by atoms with Gasteiger partial charge in [0.15, 0.2) is 0 Å². The van der Waals surface area contributed by atoms with E-state index in [1.54, 1.807) is 30.3 Å². The van der Waals surface area contributed by atoms with Gasteiger partial charge in [-0.2, -0.15) is 0 Å². The van der Waals surface area contributed by atoms with E-state index < -0.39 is 13.8 Å². The van der Waals surface area contributed by atoms with Crippen LogP contribution in [0, 0.1) is 0 Å². The van der Waals surface area contributed by atoms with Gasteiger partial charge in [-0.3, -0.25) is 0 Å². The molecule has 12 heavy (non-hydrogen) atoms. The van der Waals surface area contributed by atoms with E-state index in [9.17, 15) is 14.4 Å². The fraction of sp³-hybridized carbons (Fsp3) is 0.143. The van der Waals surface area contributed by atoms with Gasteiger partial charge in [-0.05, 0) is 5.56 Å². The Hall–Kier alpha value is -0.136. The molecule has 1 aromatic carbocycles. The maximum Gasteiger partial charge on any atom is 2.00 e. The Morgan fingerprint density at radius 2 is 1.67 bits per heavy atom. The van der Waals surface area contributed by atoms with Crippen molar-refractivity contribution in [2.75, 3.05) is 0 Å². The quantitative estimate of drug-likeness (QED) is 0.533. The van der Waals surface area contributed by atoms with Gasteiger partial charge in [0.25, 0.3) is 0 Å². The largest absolute Gasteiger partial charge is 2.00 e. The summed E-state index contributed by atoms with van der Waals surface area (Å²) >= 11 is 0. The molecule has 0 aliphatic heterocycles. The van der Waals surface area contributed by atoms with Crippen molar-refractivity contribution in [1.82, 2.24) is 0 Å². The second-order valence-corrected chi connectivity index (χ2v) is 3.79. The summed E-state index contributed by atoms with van der Waals surface area (Å²) in [6.45, 7) is 0. The summed E-state index contributed by atoms with van der Waals surface area (Å²) in [5.74, 6) is 0. The normalized spacial score (nSPS) is 10.5. The zero-order valence-electron chi connectivity index (χ0n) is 6.08. The van der Waals surface area contributed by atoms with Crippen LogP contribution in [0.15, 0.2) is 30.3 Å². The molecule has 0 radical (unpaired) electrons. The van der Waals surface area contributed by atoms with Gasteiger partial charge in [0.05, 0.1) is 0 Å². The van der Waals surface area contributed by atoms with Crippen LogP contribution in [0.1, 0.15) is 5.56 Å². The first-order valence-corrected chi connectivity index (χ1v) is 4.86. The van der Waals surface area contributed by atoms with Crippen molar-refractivity contribution in [2.24, 2.45) is 0 Å². The Labute approximate surface area is 80.9 Å². The summed E-state index contributed by atoms with van der Waals surface area (Å²) in [4.78, 5) is 20.5. The third-order valence-corrected chi connectivity index (χ3v) is 1.97. The molecule has 0 N–H and O–H groups in total. The molecular formula is C7H7NiO3P. The summed E-state index contributed by atoms with van der Waals surface area (Å²) in [6.07, 6.45) is -0.395. The van der Waals surface area contributed by atoms with Gasteiger partial charge in [-0.1, -0.05) is 37.9 Å². The topological polar surface area (TPSA) is 63.2 Å². The zero-order valence-corrected chi connectivity index (χ0v) is 7.96. The van der Waals surface area contributed by atoms with E-state index in [1.807, 2.05) is 0 Å². The zero-order chi connectivity index (χ0) is 8.32. The predicted octanol–water partition coefficient (Wildman–Crippen LogP) is 0.0978. The Bertz CT molecular complexity index is 269. The van der Waals surface area contributed by atoms with Gasteiger partial charge < -0.3 is 14.4 Å². The number of benzene rings is 1. The molecule has 0 spiro atoms. The Kier molecular flexibility index (Phi) is 4.73. The van der Waals surface area contributed by atoms with Gasteiger partial charge in [0.2, 0.25) is 0 Å². The second-order valence-electron chi connectivity index (χ2n) is 2.25. The molecule has 5 heteroatoms. The maximum absolute atomic E-state index is 10.3. The number of hydrogen-bond acceptors (Lipinski definition) is 3. The smallest absolute Gasteiger partial charge is 0.810 e. The molecule has 0 bridgehead atoms. The van der Waals surface area contributed by atoms with E-state index >= 15 is 0 Å². The van der Waals surface area contributed by atoms with Crippen LogP contribution < -0.4 is 9.79 Å². The molecular weight excluding hydrogens is 222 g/mol. The fourth-order valence-electron chi connectivity index (χ4n) is 0.807. The minimum Gasteiger partial charge on any atom is -0.810 e. The minimum absolute atomic E-state index is 0. The van der Waals surface area contributed by atoms with Crippen LogP contribution in [-0.2, 0) is 27.2 Å². The fourth-order valence-corrected chi connectivity index (χ4v) is 1.47. The first-order valence-electron chi connectivity index (χ1n) is 3.13. The molecule has 0 aliphatic rings. The van der Waals surface area contributed by atoms with Crippen LogP contribution in [0.4, 0.5) is 0 Å². The molecule has 0 atom stereocenters. The molecule has 0 amide bonds. The first kappa shape index (κ1) is 11.9. The average Bonchev–Trinajstić information content (AvgIpc) is 1.85. The molecule has 0 saturated carbocycles. The summed E-state index contributed by atoms with van der Waals surface area (Å²) in [7, 11) is -4.39. The molecule has 68 valence electrons. The van der Waals surface area contributed by atoms with Crippen molar-refractivity contribution in [3.05, 3.63) is 35.9 Å². The number of rotatable bonds is 2. The van der Waals surface area contributed by atoms with Crippen LogP contribution in [0.2, 0.25) is 0 Å². The summed E-state index contributed by atoms with van der Waals surface area (Å²) in [6, 6.07) is 8.39. The van der Waals surface area contributed by atoms with Crippen LogP contribution in [0.5, 0.6) is 0 Å². The van der Waals surface area contributed by atoms with Crippen molar-refractivity contribution in [3.8, 4) is 0 Å². The third-order valence-electron chi connectivity index (χ3n) is 1.22. The first-order chi connectivity index (χ1) is 5.08.